The Balaban J connectivity index is 2.70. The number of amides is 2. The molecule has 6 heteroatoms. The van der Waals surface area contributed by atoms with Gasteiger partial charge in [-0.15, -0.1) is 0 Å². The first-order valence-electron chi connectivity index (χ1n) is 5.99. The van der Waals surface area contributed by atoms with Crippen LogP contribution in [-0.4, -0.2) is 19.2 Å². The van der Waals surface area contributed by atoms with E-state index in [1.54, 1.807) is 19.1 Å². The lowest BCUT2D eigenvalue weighted by Gasteiger charge is -2.14. The topological polar surface area (TPSA) is 50.4 Å². The third kappa shape index (κ3) is 5.11. The number of urea groups is 1. The van der Waals surface area contributed by atoms with E-state index in [2.05, 4.69) is 15.4 Å². The zero-order valence-corrected chi connectivity index (χ0v) is 11.2. The molecule has 0 aromatic heterocycles. The lowest BCUT2D eigenvalue weighted by Crippen LogP contribution is -2.31. The molecule has 0 bridgehead atoms. The summed E-state index contributed by atoms with van der Waals surface area (Å²) in [7, 11) is 0. The minimum Gasteiger partial charge on any atom is -0.434 e. The molecule has 0 aliphatic rings. The molecule has 0 spiro atoms. The predicted molar refractivity (Wildman–Crippen MR) is 69.7 cm³/mol. The molecule has 1 rings (SSSR count). The first-order valence-corrected chi connectivity index (χ1v) is 5.99. The minimum absolute atomic E-state index is 0.0525. The van der Waals surface area contributed by atoms with E-state index in [1.807, 2.05) is 13.8 Å². The van der Waals surface area contributed by atoms with Crippen molar-refractivity contribution >= 4 is 11.7 Å². The van der Waals surface area contributed by atoms with Crippen molar-refractivity contribution in [2.45, 2.75) is 27.4 Å². The molecule has 0 saturated heterocycles. The summed E-state index contributed by atoms with van der Waals surface area (Å²) in [6.45, 7) is 3.21. The maximum absolute atomic E-state index is 12.2. The van der Waals surface area contributed by atoms with Gasteiger partial charge in [0.25, 0.3) is 0 Å². The summed E-state index contributed by atoms with van der Waals surface area (Å²) >= 11 is 0. The molecule has 0 fully saturated rings. The molecular weight excluding hydrogens is 254 g/mol. The highest BCUT2D eigenvalue weighted by molar-refractivity contribution is 5.90. The van der Waals surface area contributed by atoms with Crippen molar-refractivity contribution in [3.8, 4) is 5.75 Å². The summed E-state index contributed by atoms with van der Waals surface area (Å²) in [5.41, 5.74) is 0.905. The van der Waals surface area contributed by atoms with Crippen LogP contribution in [0.4, 0.5) is 19.3 Å². The Kier molecular flexibility index (Phi) is 5.54. The number of anilines is 1. The van der Waals surface area contributed by atoms with Gasteiger partial charge in [-0.25, -0.2) is 4.79 Å². The monoisotopic (exact) mass is 272 g/mol. The van der Waals surface area contributed by atoms with Gasteiger partial charge in [0, 0.05) is 17.8 Å². The number of carbonyl (C=O) groups excluding carboxylic acids is 1. The van der Waals surface area contributed by atoms with Crippen LogP contribution in [0.3, 0.4) is 0 Å². The highest BCUT2D eigenvalue weighted by Gasteiger charge is 2.11. The summed E-state index contributed by atoms with van der Waals surface area (Å²) in [6, 6.07) is 4.23. The van der Waals surface area contributed by atoms with E-state index in [0.717, 1.165) is 0 Å². The number of hydrogen-bond acceptors (Lipinski definition) is 2. The molecule has 19 heavy (non-hydrogen) atoms. The molecule has 1 aromatic carbocycles. The van der Waals surface area contributed by atoms with E-state index in [0.29, 0.717) is 23.7 Å². The summed E-state index contributed by atoms with van der Waals surface area (Å²) in [6.07, 6.45) is 0. The van der Waals surface area contributed by atoms with Crippen LogP contribution in [0.15, 0.2) is 18.2 Å². The second-order valence-electron chi connectivity index (χ2n) is 4.54. The van der Waals surface area contributed by atoms with Gasteiger partial charge in [-0.05, 0) is 25.0 Å². The zero-order valence-electron chi connectivity index (χ0n) is 11.2. The van der Waals surface area contributed by atoms with Crippen molar-refractivity contribution in [3.63, 3.8) is 0 Å². The fourth-order valence-electron chi connectivity index (χ4n) is 1.44. The van der Waals surface area contributed by atoms with E-state index in [4.69, 9.17) is 0 Å². The zero-order chi connectivity index (χ0) is 14.4. The summed E-state index contributed by atoms with van der Waals surface area (Å²) in [5, 5.41) is 5.28. The van der Waals surface area contributed by atoms with Crippen molar-refractivity contribution in [1.29, 1.82) is 0 Å². The Bertz CT molecular complexity index is 437. The van der Waals surface area contributed by atoms with Gasteiger partial charge in [-0.1, -0.05) is 19.9 Å². The van der Waals surface area contributed by atoms with Crippen LogP contribution >= 0.6 is 0 Å². The van der Waals surface area contributed by atoms with Gasteiger partial charge in [-0.2, -0.15) is 8.78 Å². The molecular formula is C13H18F2N2O2. The normalized spacial score (nSPS) is 10.7. The van der Waals surface area contributed by atoms with Crippen molar-refractivity contribution in [3.05, 3.63) is 23.8 Å². The average molecular weight is 272 g/mol. The molecule has 1 aromatic rings. The lowest BCUT2D eigenvalue weighted by molar-refractivity contribution is -0.0502. The van der Waals surface area contributed by atoms with E-state index >= 15 is 0 Å². The summed E-state index contributed by atoms with van der Waals surface area (Å²) in [4.78, 5) is 11.6. The first kappa shape index (κ1) is 15.2. The molecule has 0 radical (unpaired) electrons. The Morgan fingerprint density at radius 2 is 2.05 bits per heavy atom. The number of benzene rings is 1. The number of halogens is 2. The lowest BCUT2D eigenvalue weighted by atomic mass is 10.2. The smallest absolute Gasteiger partial charge is 0.387 e. The van der Waals surface area contributed by atoms with Gasteiger partial charge in [0.1, 0.15) is 5.75 Å². The number of ether oxygens (including phenoxy) is 1. The van der Waals surface area contributed by atoms with Crippen LogP contribution in [-0.2, 0) is 0 Å². The minimum atomic E-state index is -2.89. The van der Waals surface area contributed by atoms with E-state index in [1.165, 1.54) is 6.07 Å². The van der Waals surface area contributed by atoms with Crippen LogP contribution < -0.4 is 15.4 Å². The highest BCUT2D eigenvalue weighted by atomic mass is 19.3. The SMILES string of the molecule is Cc1c(NC(=O)NCC(C)C)cccc1OC(F)F. The molecule has 0 heterocycles. The molecule has 4 nitrogen and oxygen atoms in total. The van der Waals surface area contributed by atoms with Crippen LogP contribution in [0.25, 0.3) is 0 Å². The number of nitrogens with one attached hydrogen (secondary N) is 2. The number of rotatable bonds is 5. The largest absolute Gasteiger partial charge is 0.434 e. The maximum atomic E-state index is 12.2. The first-order chi connectivity index (χ1) is 8.90. The Hall–Kier alpha value is -1.85. The Labute approximate surface area is 111 Å². The predicted octanol–water partition coefficient (Wildman–Crippen LogP) is 3.37. The van der Waals surface area contributed by atoms with E-state index in [-0.39, 0.29) is 11.8 Å². The molecule has 0 aliphatic heterocycles. The third-order valence-corrected chi connectivity index (χ3v) is 2.42. The Morgan fingerprint density at radius 1 is 1.37 bits per heavy atom. The van der Waals surface area contributed by atoms with Crippen LogP contribution in [0, 0.1) is 12.8 Å². The van der Waals surface area contributed by atoms with E-state index < -0.39 is 6.61 Å². The van der Waals surface area contributed by atoms with Gasteiger partial charge in [0.05, 0.1) is 0 Å². The quantitative estimate of drug-likeness (QED) is 0.863. The molecule has 0 saturated carbocycles. The van der Waals surface area contributed by atoms with Crippen LogP contribution in [0.2, 0.25) is 0 Å². The molecule has 0 atom stereocenters. The highest BCUT2D eigenvalue weighted by Crippen LogP contribution is 2.26. The van der Waals surface area contributed by atoms with Gasteiger partial charge >= 0.3 is 12.6 Å². The number of alkyl halides is 2. The molecule has 2 amide bonds. The maximum Gasteiger partial charge on any atom is 0.387 e. The van der Waals surface area contributed by atoms with Crippen molar-refractivity contribution in [2.24, 2.45) is 5.92 Å². The van der Waals surface area contributed by atoms with Gasteiger partial charge in [0.15, 0.2) is 0 Å². The molecule has 106 valence electrons. The second kappa shape index (κ2) is 6.92. The standard InChI is InChI=1S/C13H18F2N2O2/c1-8(2)7-16-13(18)17-10-5-4-6-11(9(10)3)19-12(14)15/h4-6,8,12H,7H2,1-3H3,(H2,16,17,18). The molecule has 2 N–H and O–H groups in total. The second-order valence-corrected chi connectivity index (χ2v) is 4.54. The molecule has 0 unspecified atom stereocenters. The van der Waals surface area contributed by atoms with Crippen LogP contribution in [0.1, 0.15) is 19.4 Å². The van der Waals surface area contributed by atoms with Crippen molar-refractivity contribution in [2.75, 3.05) is 11.9 Å². The fourth-order valence-corrected chi connectivity index (χ4v) is 1.44. The third-order valence-electron chi connectivity index (χ3n) is 2.42. The summed E-state index contributed by atoms with van der Waals surface area (Å²) in [5.74, 6) is 0.386. The Morgan fingerprint density at radius 3 is 2.63 bits per heavy atom. The van der Waals surface area contributed by atoms with Crippen LogP contribution in [0.5, 0.6) is 5.75 Å². The average Bonchev–Trinajstić information content (AvgIpc) is 2.31. The van der Waals surface area contributed by atoms with Gasteiger partial charge in [0.2, 0.25) is 0 Å². The van der Waals surface area contributed by atoms with Crippen molar-refractivity contribution < 1.29 is 18.3 Å². The van der Waals surface area contributed by atoms with Gasteiger partial charge in [-0.3, -0.25) is 0 Å². The number of hydrogen-bond donors (Lipinski definition) is 2. The number of carbonyl (C=O) groups is 1. The molecule has 0 aliphatic carbocycles. The summed E-state index contributed by atoms with van der Waals surface area (Å²) < 4.78 is 28.7. The fraction of sp³-hybridized carbons (Fsp3) is 0.462. The van der Waals surface area contributed by atoms with E-state index in [9.17, 15) is 13.6 Å². The van der Waals surface area contributed by atoms with Crippen molar-refractivity contribution in [1.82, 2.24) is 5.32 Å². The van der Waals surface area contributed by atoms with Gasteiger partial charge < -0.3 is 15.4 Å².